The van der Waals surface area contributed by atoms with Gasteiger partial charge in [-0.25, -0.2) is 0 Å². The maximum absolute atomic E-state index is 6.36. The first kappa shape index (κ1) is 15.0. The predicted octanol–water partition coefficient (Wildman–Crippen LogP) is 5.34. The smallest absolute Gasteiger partial charge is 0.0838 e. The molecule has 0 saturated carbocycles. The van der Waals surface area contributed by atoms with Crippen molar-refractivity contribution in [1.29, 1.82) is 0 Å². The van der Waals surface area contributed by atoms with Crippen LogP contribution in [0.15, 0.2) is 60.7 Å². The Balaban J connectivity index is 1.61. The molecular weight excluding hydrogens is 371 g/mol. The third kappa shape index (κ3) is 4.30. The minimum Gasteiger partial charge on any atom is -0.370 e. The number of ether oxygens (including phenoxy) is 1. The summed E-state index contributed by atoms with van der Waals surface area (Å²) in [5.41, 5.74) is 2.73. The average Bonchev–Trinajstić information content (AvgIpc) is 2.54. The Labute approximate surface area is 140 Å². The number of benzene rings is 2. The van der Waals surface area contributed by atoms with Crippen molar-refractivity contribution < 1.29 is 4.74 Å². The lowest BCUT2D eigenvalue weighted by molar-refractivity contribution is -0.0501. The molecule has 3 atom stereocenters. The van der Waals surface area contributed by atoms with Crippen molar-refractivity contribution in [1.82, 2.24) is 0 Å². The SMILES string of the molecule is I[C@@H]1C[C@H](CCc2ccccc2)O[C@H](c2ccccc2)C1. The minimum absolute atomic E-state index is 0.266. The highest BCUT2D eigenvalue weighted by Gasteiger charge is 2.28. The predicted molar refractivity (Wildman–Crippen MR) is 95.9 cm³/mol. The van der Waals surface area contributed by atoms with E-state index in [1.807, 2.05) is 0 Å². The van der Waals surface area contributed by atoms with Crippen molar-refractivity contribution in [3.63, 3.8) is 0 Å². The Hall–Kier alpha value is -0.870. The number of aryl methyl sites for hydroxylation is 1. The molecule has 0 radical (unpaired) electrons. The molecule has 3 rings (SSSR count). The highest BCUT2D eigenvalue weighted by molar-refractivity contribution is 14.1. The summed E-state index contributed by atoms with van der Waals surface area (Å²) in [6.45, 7) is 0. The highest BCUT2D eigenvalue weighted by atomic mass is 127. The standard InChI is InChI=1S/C19H21IO/c20-17-13-18(12-11-15-7-3-1-4-8-15)21-19(14-17)16-9-5-2-6-10-16/h1-10,17-19H,11-14H2/t17-,18+,19+/m1/s1. The fraction of sp³-hybridized carbons (Fsp3) is 0.368. The van der Waals surface area contributed by atoms with Crippen molar-refractivity contribution >= 4 is 22.6 Å². The van der Waals surface area contributed by atoms with Crippen LogP contribution in [0.25, 0.3) is 0 Å². The van der Waals surface area contributed by atoms with Gasteiger partial charge in [0.05, 0.1) is 12.2 Å². The zero-order chi connectivity index (χ0) is 14.5. The van der Waals surface area contributed by atoms with E-state index in [-0.39, 0.29) is 6.10 Å². The molecule has 2 aromatic rings. The lowest BCUT2D eigenvalue weighted by atomic mass is 9.95. The number of rotatable bonds is 4. The second-order valence-electron chi connectivity index (χ2n) is 5.75. The van der Waals surface area contributed by atoms with Gasteiger partial charge in [0.2, 0.25) is 0 Å². The number of halogens is 1. The van der Waals surface area contributed by atoms with Crippen molar-refractivity contribution in [3.05, 3.63) is 71.8 Å². The summed E-state index contributed by atoms with van der Waals surface area (Å²) in [6, 6.07) is 21.4. The molecule has 1 aliphatic heterocycles. The largest absolute Gasteiger partial charge is 0.370 e. The van der Waals surface area contributed by atoms with Gasteiger partial charge < -0.3 is 4.74 Å². The van der Waals surface area contributed by atoms with Gasteiger partial charge in [-0.3, -0.25) is 0 Å². The van der Waals surface area contributed by atoms with Gasteiger partial charge in [0, 0.05) is 3.92 Å². The summed E-state index contributed by atoms with van der Waals surface area (Å²) in [4.78, 5) is 0. The fourth-order valence-corrected chi connectivity index (χ4v) is 4.03. The van der Waals surface area contributed by atoms with Crippen LogP contribution in [0.1, 0.15) is 36.5 Å². The maximum Gasteiger partial charge on any atom is 0.0838 e. The summed E-state index contributed by atoms with van der Waals surface area (Å²) in [5.74, 6) is 0. The maximum atomic E-state index is 6.36. The first-order valence-electron chi connectivity index (χ1n) is 7.69. The van der Waals surface area contributed by atoms with Crippen LogP contribution < -0.4 is 0 Å². The lowest BCUT2D eigenvalue weighted by Gasteiger charge is -2.33. The minimum atomic E-state index is 0.266. The van der Waals surface area contributed by atoms with E-state index < -0.39 is 0 Å². The molecule has 1 nitrogen and oxygen atoms in total. The highest BCUT2D eigenvalue weighted by Crippen LogP contribution is 2.36. The molecule has 1 fully saturated rings. The summed E-state index contributed by atoms with van der Waals surface area (Å²) < 4.78 is 7.07. The van der Waals surface area contributed by atoms with Crippen molar-refractivity contribution in [2.75, 3.05) is 0 Å². The molecule has 1 heterocycles. The first-order valence-corrected chi connectivity index (χ1v) is 8.94. The number of hydrogen-bond donors (Lipinski definition) is 0. The van der Waals surface area contributed by atoms with Crippen LogP contribution in [0.4, 0.5) is 0 Å². The summed E-state index contributed by atoms with van der Waals surface area (Å²) in [6.07, 6.45) is 5.18. The lowest BCUT2D eigenvalue weighted by Crippen LogP contribution is -2.29. The van der Waals surface area contributed by atoms with Crippen LogP contribution in [0, 0.1) is 0 Å². The van der Waals surface area contributed by atoms with Crippen LogP contribution >= 0.6 is 22.6 Å². The van der Waals surface area contributed by atoms with Crippen LogP contribution in [-0.2, 0) is 11.2 Å². The van der Waals surface area contributed by atoms with E-state index in [4.69, 9.17) is 4.74 Å². The van der Waals surface area contributed by atoms with Crippen LogP contribution in [0.3, 0.4) is 0 Å². The van der Waals surface area contributed by atoms with E-state index in [1.165, 1.54) is 17.5 Å². The molecule has 0 aromatic heterocycles. The Morgan fingerprint density at radius 1 is 0.905 bits per heavy atom. The molecule has 0 unspecified atom stereocenters. The molecule has 0 N–H and O–H groups in total. The molecule has 110 valence electrons. The normalized spacial score (nSPS) is 25.7. The van der Waals surface area contributed by atoms with E-state index in [0.29, 0.717) is 10.0 Å². The Kier molecular flexibility index (Phi) is 5.31. The van der Waals surface area contributed by atoms with Crippen LogP contribution in [0.2, 0.25) is 0 Å². The molecule has 0 bridgehead atoms. The fourth-order valence-electron chi connectivity index (χ4n) is 3.00. The van der Waals surface area contributed by atoms with Crippen molar-refractivity contribution in [2.24, 2.45) is 0 Å². The number of hydrogen-bond acceptors (Lipinski definition) is 1. The molecule has 2 heteroatoms. The zero-order valence-corrected chi connectivity index (χ0v) is 14.3. The van der Waals surface area contributed by atoms with E-state index in [9.17, 15) is 0 Å². The van der Waals surface area contributed by atoms with Gasteiger partial charge in [-0.1, -0.05) is 83.3 Å². The van der Waals surface area contributed by atoms with E-state index in [2.05, 4.69) is 83.3 Å². The Morgan fingerprint density at radius 2 is 1.57 bits per heavy atom. The van der Waals surface area contributed by atoms with Gasteiger partial charge >= 0.3 is 0 Å². The molecule has 21 heavy (non-hydrogen) atoms. The van der Waals surface area contributed by atoms with Gasteiger partial charge in [-0.15, -0.1) is 0 Å². The van der Waals surface area contributed by atoms with Gasteiger partial charge in [-0.05, 0) is 36.8 Å². The quantitative estimate of drug-likeness (QED) is 0.504. The van der Waals surface area contributed by atoms with E-state index in [1.54, 1.807) is 0 Å². The van der Waals surface area contributed by atoms with Gasteiger partial charge in [0.1, 0.15) is 0 Å². The Morgan fingerprint density at radius 3 is 2.29 bits per heavy atom. The van der Waals surface area contributed by atoms with E-state index >= 15 is 0 Å². The second kappa shape index (κ2) is 7.41. The molecule has 2 aromatic carbocycles. The topological polar surface area (TPSA) is 9.23 Å². The summed E-state index contributed by atoms with van der Waals surface area (Å²) in [5, 5.41) is 0. The van der Waals surface area contributed by atoms with Gasteiger partial charge in [0.25, 0.3) is 0 Å². The zero-order valence-electron chi connectivity index (χ0n) is 12.1. The molecule has 0 amide bonds. The third-order valence-electron chi connectivity index (χ3n) is 4.11. The Bertz CT molecular complexity index is 540. The van der Waals surface area contributed by atoms with E-state index in [0.717, 1.165) is 19.3 Å². The average molecular weight is 392 g/mol. The second-order valence-corrected chi connectivity index (χ2v) is 7.51. The van der Waals surface area contributed by atoms with Crippen LogP contribution in [0.5, 0.6) is 0 Å². The van der Waals surface area contributed by atoms with Crippen LogP contribution in [-0.4, -0.2) is 10.0 Å². The summed E-state index contributed by atoms with van der Waals surface area (Å²) >= 11 is 2.59. The van der Waals surface area contributed by atoms with Crippen molar-refractivity contribution in [2.45, 2.75) is 41.8 Å². The molecule has 1 aliphatic rings. The van der Waals surface area contributed by atoms with Crippen molar-refractivity contribution in [3.8, 4) is 0 Å². The third-order valence-corrected chi connectivity index (χ3v) is 5.13. The number of alkyl halides is 1. The molecular formula is C19H21IO. The monoisotopic (exact) mass is 392 g/mol. The summed E-state index contributed by atoms with van der Waals surface area (Å²) in [7, 11) is 0. The molecule has 1 saturated heterocycles. The molecule has 0 spiro atoms. The first-order chi connectivity index (χ1) is 10.3. The molecule has 0 aliphatic carbocycles. The van der Waals surface area contributed by atoms with Gasteiger partial charge in [0.15, 0.2) is 0 Å². The van der Waals surface area contributed by atoms with Gasteiger partial charge in [-0.2, -0.15) is 0 Å².